The van der Waals surface area contributed by atoms with E-state index >= 15 is 0 Å². The maximum atomic E-state index is 12.2. The van der Waals surface area contributed by atoms with Crippen LogP contribution in [-0.4, -0.2) is 32.5 Å². The summed E-state index contributed by atoms with van der Waals surface area (Å²) in [6.07, 6.45) is 2.08. The average molecular weight is 337 g/mol. The molecule has 0 saturated heterocycles. The van der Waals surface area contributed by atoms with Gasteiger partial charge in [-0.15, -0.1) is 0 Å². The largest absolute Gasteiger partial charge is 0.378 e. The topological polar surface area (TPSA) is 61.4 Å². The van der Waals surface area contributed by atoms with Gasteiger partial charge in [-0.1, -0.05) is 12.1 Å². The van der Waals surface area contributed by atoms with E-state index in [-0.39, 0.29) is 11.8 Å². The zero-order valence-corrected chi connectivity index (χ0v) is 14.6. The molecule has 1 aliphatic heterocycles. The molecule has 130 valence electrons. The number of carbonyl (C=O) groups excluding carboxylic acids is 2. The van der Waals surface area contributed by atoms with Gasteiger partial charge in [0.05, 0.1) is 0 Å². The fourth-order valence-corrected chi connectivity index (χ4v) is 2.93. The Balaban J connectivity index is 1.54. The highest BCUT2D eigenvalue weighted by Crippen LogP contribution is 2.23. The Labute approximate surface area is 148 Å². The fraction of sp³-hybridized carbons (Fsp3) is 0.300. The van der Waals surface area contributed by atoms with Gasteiger partial charge in [0.25, 0.3) is 5.91 Å². The predicted molar refractivity (Wildman–Crippen MR) is 100 cm³/mol. The fourth-order valence-electron chi connectivity index (χ4n) is 2.93. The van der Waals surface area contributed by atoms with Crippen LogP contribution >= 0.6 is 0 Å². The third kappa shape index (κ3) is 4.18. The first-order valence-corrected chi connectivity index (χ1v) is 8.50. The molecule has 3 rings (SSSR count). The summed E-state index contributed by atoms with van der Waals surface area (Å²) >= 11 is 0. The van der Waals surface area contributed by atoms with Crippen molar-refractivity contribution in [2.45, 2.75) is 19.3 Å². The van der Waals surface area contributed by atoms with Crippen LogP contribution in [0.2, 0.25) is 0 Å². The summed E-state index contributed by atoms with van der Waals surface area (Å²) in [6, 6.07) is 13.6. The van der Waals surface area contributed by atoms with Gasteiger partial charge in [0.2, 0.25) is 5.91 Å². The molecule has 2 amide bonds. The summed E-state index contributed by atoms with van der Waals surface area (Å²) in [5, 5.41) is 5.84. The van der Waals surface area contributed by atoms with Crippen molar-refractivity contribution in [1.82, 2.24) is 5.32 Å². The van der Waals surface area contributed by atoms with Gasteiger partial charge in [-0.05, 0) is 54.3 Å². The van der Waals surface area contributed by atoms with Gasteiger partial charge in [-0.25, -0.2) is 0 Å². The Bertz CT molecular complexity index is 782. The molecule has 2 aromatic rings. The van der Waals surface area contributed by atoms with E-state index in [1.165, 1.54) is 5.56 Å². The van der Waals surface area contributed by atoms with Crippen LogP contribution < -0.4 is 15.5 Å². The number of nitrogens with one attached hydrogen (secondary N) is 2. The smallest absolute Gasteiger partial charge is 0.251 e. The molecule has 5 heteroatoms. The molecule has 0 fully saturated rings. The van der Waals surface area contributed by atoms with E-state index in [1.54, 1.807) is 0 Å². The van der Waals surface area contributed by atoms with Crippen LogP contribution in [0.5, 0.6) is 0 Å². The second kappa shape index (κ2) is 7.38. The summed E-state index contributed by atoms with van der Waals surface area (Å²) in [5.74, 6) is 0.0170. The highest BCUT2D eigenvalue weighted by molar-refractivity contribution is 5.94. The van der Waals surface area contributed by atoms with E-state index in [9.17, 15) is 9.59 Å². The molecule has 0 saturated carbocycles. The Morgan fingerprint density at radius 3 is 2.60 bits per heavy atom. The molecule has 0 bridgehead atoms. The van der Waals surface area contributed by atoms with Gasteiger partial charge >= 0.3 is 0 Å². The van der Waals surface area contributed by atoms with Crippen molar-refractivity contribution >= 4 is 23.2 Å². The number of benzene rings is 2. The lowest BCUT2D eigenvalue weighted by atomic mass is 9.99. The van der Waals surface area contributed by atoms with Crippen LogP contribution in [0.25, 0.3) is 0 Å². The molecule has 0 spiro atoms. The number of carbonyl (C=O) groups is 2. The minimum atomic E-state index is -0.0597. The molecule has 1 heterocycles. The van der Waals surface area contributed by atoms with Crippen molar-refractivity contribution in [3.05, 3.63) is 59.2 Å². The number of anilines is 2. The number of fused-ring (bicyclic) bond motifs is 1. The van der Waals surface area contributed by atoms with Crippen molar-refractivity contribution in [2.24, 2.45) is 0 Å². The maximum Gasteiger partial charge on any atom is 0.251 e. The first-order chi connectivity index (χ1) is 12.0. The van der Waals surface area contributed by atoms with Gasteiger partial charge in [0, 0.05) is 44.0 Å². The first-order valence-electron chi connectivity index (χ1n) is 8.50. The standard InChI is InChI=1S/C20H23N3O2/c1-23(2)17-7-4-15(5-8-17)20(25)21-12-11-14-3-9-18-16(13-14)6-10-19(24)22-18/h3-5,7-9,13H,6,10-12H2,1-2H3,(H,21,25)(H,22,24). The van der Waals surface area contributed by atoms with Gasteiger partial charge in [-0.2, -0.15) is 0 Å². The summed E-state index contributed by atoms with van der Waals surface area (Å²) in [7, 11) is 3.94. The van der Waals surface area contributed by atoms with E-state index < -0.39 is 0 Å². The molecule has 0 aromatic heterocycles. The van der Waals surface area contributed by atoms with Crippen LogP contribution in [0, 0.1) is 0 Å². The highest BCUT2D eigenvalue weighted by atomic mass is 16.2. The maximum absolute atomic E-state index is 12.2. The molecular weight excluding hydrogens is 314 g/mol. The van der Waals surface area contributed by atoms with E-state index in [1.807, 2.05) is 55.4 Å². The average Bonchev–Trinajstić information content (AvgIpc) is 2.61. The zero-order chi connectivity index (χ0) is 17.8. The van der Waals surface area contributed by atoms with Gasteiger partial charge < -0.3 is 15.5 Å². The van der Waals surface area contributed by atoms with Crippen molar-refractivity contribution in [1.29, 1.82) is 0 Å². The van der Waals surface area contributed by atoms with E-state index in [0.29, 0.717) is 18.5 Å². The van der Waals surface area contributed by atoms with Crippen LogP contribution in [0.4, 0.5) is 11.4 Å². The lowest BCUT2D eigenvalue weighted by Crippen LogP contribution is -2.26. The van der Waals surface area contributed by atoms with Crippen molar-refractivity contribution < 1.29 is 9.59 Å². The van der Waals surface area contributed by atoms with E-state index in [4.69, 9.17) is 0 Å². The molecular formula is C20H23N3O2. The predicted octanol–water partition coefficient (Wildman–Crippen LogP) is 2.61. The third-order valence-electron chi connectivity index (χ3n) is 4.41. The third-order valence-corrected chi connectivity index (χ3v) is 4.41. The zero-order valence-electron chi connectivity index (χ0n) is 14.6. The van der Waals surface area contributed by atoms with Gasteiger partial charge in [-0.3, -0.25) is 9.59 Å². The van der Waals surface area contributed by atoms with Crippen molar-refractivity contribution in [3.8, 4) is 0 Å². The molecule has 2 aromatic carbocycles. The minimum Gasteiger partial charge on any atom is -0.378 e. The second-order valence-corrected chi connectivity index (χ2v) is 6.49. The molecule has 25 heavy (non-hydrogen) atoms. The van der Waals surface area contributed by atoms with Crippen LogP contribution in [-0.2, 0) is 17.6 Å². The summed E-state index contributed by atoms with van der Waals surface area (Å²) in [4.78, 5) is 25.6. The van der Waals surface area contributed by atoms with Crippen LogP contribution in [0.15, 0.2) is 42.5 Å². The molecule has 2 N–H and O–H groups in total. The molecule has 0 unspecified atom stereocenters. The monoisotopic (exact) mass is 337 g/mol. The molecule has 0 aliphatic carbocycles. The Morgan fingerprint density at radius 2 is 1.88 bits per heavy atom. The number of rotatable bonds is 5. The molecule has 1 aliphatic rings. The quantitative estimate of drug-likeness (QED) is 0.882. The lowest BCUT2D eigenvalue weighted by Gasteiger charge is -2.17. The molecule has 5 nitrogen and oxygen atoms in total. The number of amides is 2. The molecule has 0 radical (unpaired) electrons. The summed E-state index contributed by atoms with van der Waals surface area (Å²) < 4.78 is 0. The van der Waals surface area contributed by atoms with Gasteiger partial charge in [0.15, 0.2) is 0 Å². The SMILES string of the molecule is CN(C)c1ccc(C(=O)NCCc2ccc3c(c2)CCC(=O)N3)cc1. The minimum absolute atomic E-state index is 0.0597. The molecule has 0 atom stereocenters. The van der Waals surface area contributed by atoms with Crippen LogP contribution in [0.3, 0.4) is 0 Å². The van der Waals surface area contributed by atoms with Gasteiger partial charge in [0.1, 0.15) is 0 Å². The highest BCUT2D eigenvalue weighted by Gasteiger charge is 2.14. The Hall–Kier alpha value is -2.82. The van der Waals surface area contributed by atoms with Crippen molar-refractivity contribution in [2.75, 3.05) is 30.9 Å². The normalized spacial score (nSPS) is 13.0. The number of nitrogens with zero attached hydrogens (tertiary/aromatic N) is 1. The number of aryl methyl sites for hydroxylation is 1. The van der Waals surface area contributed by atoms with Crippen LogP contribution in [0.1, 0.15) is 27.9 Å². The second-order valence-electron chi connectivity index (χ2n) is 6.49. The number of hydrogen-bond donors (Lipinski definition) is 2. The Kier molecular flexibility index (Phi) is 5.03. The Morgan fingerprint density at radius 1 is 1.12 bits per heavy atom. The summed E-state index contributed by atoms with van der Waals surface area (Å²) in [5.41, 5.74) is 4.97. The number of hydrogen-bond acceptors (Lipinski definition) is 3. The first kappa shape index (κ1) is 17.0. The van der Waals surface area contributed by atoms with E-state index in [0.717, 1.165) is 29.8 Å². The summed E-state index contributed by atoms with van der Waals surface area (Å²) in [6.45, 7) is 0.583. The van der Waals surface area contributed by atoms with Crippen molar-refractivity contribution in [3.63, 3.8) is 0 Å². The lowest BCUT2D eigenvalue weighted by molar-refractivity contribution is -0.116. The van der Waals surface area contributed by atoms with E-state index in [2.05, 4.69) is 16.7 Å².